The highest BCUT2D eigenvalue weighted by molar-refractivity contribution is 5.10. The maximum Gasteiger partial charge on any atom is 0.0781 e. The van der Waals surface area contributed by atoms with E-state index in [2.05, 4.69) is 26.8 Å². The Balaban J connectivity index is 2.58. The molecule has 0 amide bonds. The number of methoxy groups -OCH3 is 1. The Bertz CT molecular complexity index is 170. The summed E-state index contributed by atoms with van der Waals surface area (Å²) in [5.74, 6) is 1.60. The molecule has 12 heavy (non-hydrogen) atoms. The van der Waals surface area contributed by atoms with E-state index in [9.17, 15) is 0 Å². The lowest BCUT2D eigenvalue weighted by Gasteiger charge is -2.29. The van der Waals surface area contributed by atoms with Crippen LogP contribution in [0.2, 0.25) is 0 Å². The first-order valence-corrected chi connectivity index (χ1v) is 4.84. The summed E-state index contributed by atoms with van der Waals surface area (Å²) in [6.07, 6.45) is 5.16. The third-order valence-electron chi connectivity index (χ3n) is 2.99. The molecule has 0 heterocycles. The summed E-state index contributed by atoms with van der Waals surface area (Å²) in [7, 11) is 1.81. The van der Waals surface area contributed by atoms with E-state index >= 15 is 0 Å². The first-order valence-electron chi connectivity index (χ1n) is 4.84. The molecule has 0 radical (unpaired) electrons. The highest BCUT2D eigenvalue weighted by Crippen LogP contribution is 2.30. The maximum absolute atomic E-state index is 5.42. The molecule has 70 valence electrons. The molecule has 0 aromatic carbocycles. The van der Waals surface area contributed by atoms with E-state index in [0.29, 0.717) is 6.10 Å². The van der Waals surface area contributed by atoms with Crippen LogP contribution in [-0.4, -0.2) is 13.2 Å². The third-order valence-corrected chi connectivity index (χ3v) is 2.99. The van der Waals surface area contributed by atoms with Crippen LogP contribution < -0.4 is 0 Å². The van der Waals surface area contributed by atoms with Crippen LogP contribution in [-0.2, 0) is 4.74 Å². The molecule has 0 saturated heterocycles. The van der Waals surface area contributed by atoms with Crippen LogP contribution in [0.3, 0.4) is 0 Å². The Hall–Kier alpha value is -0.300. The minimum atomic E-state index is 0.381. The van der Waals surface area contributed by atoms with Crippen LogP contribution in [0.4, 0.5) is 0 Å². The maximum atomic E-state index is 5.42. The number of rotatable bonds is 2. The number of hydrogen-bond acceptors (Lipinski definition) is 1. The van der Waals surface area contributed by atoms with Crippen molar-refractivity contribution in [1.82, 2.24) is 0 Å². The fourth-order valence-electron chi connectivity index (χ4n) is 1.85. The van der Waals surface area contributed by atoms with Crippen molar-refractivity contribution in [2.45, 2.75) is 39.7 Å². The zero-order valence-electron chi connectivity index (χ0n) is 8.63. The van der Waals surface area contributed by atoms with Gasteiger partial charge in [0.05, 0.1) is 6.10 Å². The van der Waals surface area contributed by atoms with Crippen LogP contribution in [0.5, 0.6) is 0 Å². The molecule has 0 aromatic heterocycles. The quantitative estimate of drug-likeness (QED) is 0.576. The number of ether oxygens (including phenoxy) is 1. The van der Waals surface area contributed by atoms with Crippen molar-refractivity contribution in [3.05, 3.63) is 11.6 Å². The number of hydrogen-bond donors (Lipinski definition) is 0. The molecule has 2 atom stereocenters. The van der Waals surface area contributed by atoms with E-state index in [4.69, 9.17) is 4.74 Å². The van der Waals surface area contributed by atoms with E-state index in [1.165, 1.54) is 18.4 Å². The van der Waals surface area contributed by atoms with Gasteiger partial charge in [-0.2, -0.15) is 0 Å². The first kappa shape index (κ1) is 9.79. The highest BCUT2D eigenvalue weighted by atomic mass is 16.5. The van der Waals surface area contributed by atoms with Crippen LogP contribution in [0.15, 0.2) is 11.6 Å². The summed E-state index contributed by atoms with van der Waals surface area (Å²) in [6, 6.07) is 0. The third kappa shape index (κ3) is 2.10. The van der Waals surface area contributed by atoms with E-state index < -0.39 is 0 Å². The van der Waals surface area contributed by atoms with Crippen LogP contribution in [0.1, 0.15) is 33.6 Å². The van der Waals surface area contributed by atoms with Gasteiger partial charge in [-0.05, 0) is 37.2 Å². The molecule has 1 nitrogen and oxygen atoms in total. The molecule has 0 N–H and O–H groups in total. The molecule has 0 spiro atoms. The summed E-state index contributed by atoms with van der Waals surface area (Å²) in [5.41, 5.74) is 1.41. The monoisotopic (exact) mass is 168 g/mol. The van der Waals surface area contributed by atoms with Crippen molar-refractivity contribution in [2.75, 3.05) is 7.11 Å². The van der Waals surface area contributed by atoms with Gasteiger partial charge in [-0.3, -0.25) is 0 Å². The predicted molar refractivity (Wildman–Crippen MR) is 52.1 cm³/mol. The fraction of sp³-hybridized carbons (Fsp3) is 0.818. The zero-order valence-corrected chi connectivity index (χ0v) is 8.63. The van der Waals surface area contributed by atoms with Gasteiger partial charge in [-0.15, -0.1) is 0 Å². The second kappa shape index (κ2) is 4.08. The van der Waals surface area contributed by atoms with E-state index in [0.717, 1.165) is 11.8 Å². The van der Waals surface area contributed by atoms with Gasteiger partial charge in [0, 0.05) is 7.11 Å². The Morgan fingerprint density at radius 3 is 2.67 bits per heavy atom. The lowest BCUT2D eigenvalue weighted by molar-refractivity contribution is 0.0921. The van der Waals surface area contributed by atoms with Gasteiger partial charge >= 0.3 is 0 Å². The lowest BCUT2D eigenvalue weighted by Crippen LogP contribution is -2.24. The topological polar surface area (TPSA) is 9.23 Å². The fourth-order valence-corrected chi connectivity index (χ4v) is 1.85. The normalized spacial score (nSPS) is 30.6. The van der Waals surface area contributed by atoms with Crippen molar-refractivity contribution in [3.63, 3.8) is 0 Å². The van der Waals surface area contributed by atoms with Crippen LogP contribution in [0, 0.1) is 11.8 Å². The van der Waals surface area contributed by atoms with Gasteiger partial charge < -0.3 is 4.74 Å². The van der Waals surface area contributed by atoms with Gasteiger partial charge in [0.1, 0.15) is 0 Å². The second-order valence-electron chi connectivity index (χ2n) is 4.15. The van der Waals surface area contributed by atoms with E-state index in [1.807, 2.05) is 7.11 Å². The standard InChI is InChI=1S/C11H20O/c1-8(2)10-6-5-9(3)11(7-10)12-4/h5,8,10-11H,6-7H2,1-4H3/t10-,11+/m0/s1. The van der Waals surface area contributed by atoms with Crippen molar-refractivity contribution >= 4 is 0 Å². The Morgan fingerprint density at radius 2 is 2.17 bits per heavy atom. The molecule has 0 aliphatic heterocycles. The van der Waals surface area contributed by atoms with E-state index in [1.54, 1.807) is 0 Å². The first-order chi connectivity index (χ1) is 5.65. The lowest BCUT2D eigenvalue weighted by atomic mass is 9.81. The Kier molecular flexibility index (Phi) is 3.33. The molecule has 0 bridgehead atoms. The van der Waals surface area contributed by atoms with Gasteiger partial charge in [-0.25, -0.2) is 0 Å². The second-order valence-corrected chi connectivity index (χ2v) is 4.15. The minimum absolute atomic E-state index is 0.381. The summed E-state index contributed by atoms with van der Waals surface area (Å²) < 4.78 is 5.42. The molecule has 0 aromatic rings. The average molecular weight is 168 g/mol. The SMILES string of the molecule is CO[C@@H]1C[C@@H](C(C)C)CC=C1C. The van der Waals surface area contributed by atoms with Crippen molar-refractivity contribution < 1.29 is 4.74 Å². The molecule has 1 aliphatic rings. The molecule has 0 saturated carbocycles. The molecule has 0 fully saturated rings. The van der Waals surface area contributed by atoms with Gasteiger partial charge in [0.25, 0.3) is 0 Å². The minimum Gasteiger partial charge on any atom is -0.377 e. The summed E-state index contributed by atoms with van der Waals surface area (Å²) >= 11 is 0. The molecular formula is C11H20O. The molecule has 1 heteroatoms. The van der Waals surface area contributed by atoms with Crippen molar-refractivity contribution in [1.29, 1.82) is 0 Å². The Labute approximate surface area is 75.8 Å². The van der Waals surface area contributed by atoms with Gasteiger partial charge in [0.15, 0.2) is 0 Å². The van der Waals surface area contributed by atoms with Crippen LogP contribution >= 0.6 is 0 Å². The average Bonchev–Trinajstić information content (AvgIpc) is 2.05. The highest BCUT2D eigenvalue weighted by Gasteiger charge is 2.23. The Morgan fingerprint density at radius 1 is 1.50 bits per heavy atom. The molecular weight excluding hydrogens is 148 g/mol. The number of allylic oxidation sites excluding steroid dienone is 1. The van der Waals surface area contributed by atoms with Crippen LogP contribution in [0.25, 0.3) is 0 Å². The molecule has 1 aliphatic carbocycles. The molecule has 0 unspecified atom stereocenters. The van der Waals surface area contributed by atoms with Crippen molar-refractivity contribution in [3.8, 4) is 0 Å². The summed E-state index contributed by atoms with van der Waals surface area (Å²) in [5, 5.41) is 0. The van der Waals surface area contributed by atoms with Crippen molar-refractivity contribution in [2.24, 2.45) is 11.8 Å². The molecule has 1 rings (SSSR count). The van der Waals surface area contributed by atoms with Gasteiger partial charge in [-0.1, -0.05) is 19.9 Å². The predicted octanol–water partition coefficient (Wildman–Crippen LogP) is 3.01. The zero-order chi connectivity index (χ0) is 9.14. The van der Waals surface area contributed by atoms with Gasteiger partial charge in [0.2, 0.25) is 0 Å². The summed E-state index contributed by atoms with van der Waals surface area (Å²) in [6.45, 7) is 6.77. The van der Waals surface area contributed by atoms with E-state index in [-0.39, 0.29) is 0 Å². The summed E-state index contributed by atoms with van der Waals surface area (Å²) in [4.78, 5) is 0. The smallest absolute Gasteiger partial charge is 0.0781 e. The largest absolute Gasteiger partial charge is 0.377 e.